The molecule has 0 spiro atoms. The van der Waals surface area contributed by atoms with Crippen LogP contribution in [0.25, 0.3) is 5.69 Å². The zero-order valence-electron chi connectivity index (χ0n) is 20.3. The van der Waals surface area contributed by atoms with Crippen molar-refractivity contribution < 1.29 is 44.3 Å². The fourth-order valence-corrected chi connectivity index (χ4v) is 6.77. The van der Waals surface area contributed by atoms with E-state index in [1.165, 1.54) is 12.4 Å². The second-order valence-electron chi connectivity index (χ2n) is 10.2. The molecule has 1 saturated heterocycles. The first kappa shape index (κ1) is 27.9. The van der Waals surface area contributed by atoms with Gasteiger partial charge in [-0.05, 0) is 50.3 Å². The third-order valence-corrected chi connectivity index (χ3v) is 9.74. The summed E-state index contributed by atoms with van der Waals surface area (Å²) in [4.78, 5) is 25.5. The minimum Gasteiger partial charge on any atom is -0.336 e. The molecule has 0 bridgehead atoms. The summed E-state index contributed by atoms with van der Waals surface area (Å²) >= 11 is 0. The number of nitrogens with one attached hydrogen (secondary N) is 1. The number of halogens is 6. The second-order valence-corrected chi connectivity index (χ2v) is 12.4. The van der Waals surface area contributed by atoms with Crippen LogP contribution in [0.2, 0.25) is 0 Å². The largest absolute Gasteiger partial charge is 0.417 e. The van der Waals surface area contributed by atoms with Gasteiger partial charge in [-0.25, -0.2) is 13.1 Å². The van der Waals surface area contributed by atoms with Gasteiger partial charge in [0.15, 0.2) is 9.84 Å². The Hall–Kier alpha value is -3.68. The van der Waals surface area contributed by atoms with Crippen LogP contribution in [-0.4, -0.2) is 69.7 Å². The number of benzene rings is 1. The summed E-state index contributed by atoms with van der Waals surface area (Å²) in [6.45, 7) is -0.932. The Bertz CT molecular complexity index is 1510. The number of nitriles is 1. The number of rotatable bonds is 6. The van der Waals surface area contributed by atoms with Crippen LogP contribution in [-0.2, 0) is 25.6 Å². The van der Waals surface area contributed by atoms with Gasteiger partial charge in [0.25, 0.3) is 0 Å². The van der Waals surface area contributed by atoms with Crippen LogP contribution in [0.4, 0.5) is 26.3 Å². The Morgan fingerprint density at radius 1 is 1.10 bits per heavy atom. The number of aromatic nitrogens is 3. The van der Waals surface area contributed by atoms with Crippen LogP contribution in [0.1, 0.15) is 37.7 Å². The quantitative estimate of drug-likeness (QED) is 0.511. The predicted molar refractivity (Wildman–Crippen MR) is 121 cm³/mol. The molecule has 3 aliphatic rings. The molecular weight excluding hydrogens is 570 g/mol. The van der Waals surface area contributed by atoms with E-state index in [1.807, 2.05) is 6.07 Å². The first-order valence-corrected chi connectivity index (χ1v) is 13.5. The Morgan fingerprint density at radius 3 is 2.27 bits per heavy atom. The van der Waals surface area contributed by atoms with Gasteiger partial charge in [-0.3, -0.25) is 9.59 Å². The molecule has 2 aromatic rings. The summed E-state index contributed by atoms with van der Waals surface area (Å²) in [5, 5.41) is 16.9. The summed E-state index contributed by atoms with van der Waals surface area (Å²) < 4.78 is 111. The van der Waals surface area contributed by atoms with E-state index in [0.29, 0.717) is 17.0 Å². The zero-order chi connectivity index (χ0) is 29.3. The number of hydrogen-bond acceptors (Lipinski definition) is 7. The number of likely N-dealkylation sites (tertiary alicyclic amines) is 1. The van der Waals surface area contributed by atoms with Crippen LogP contribution in [0.3, 0.4) is 0 Å². The lowest BCUT2D eigenvalue weighted by atomic mass is 10.0. The Labute approximate surface area is 222 Å². The summed E-state index contributed by atoms with van der Waals surface area (Å²) in [5.41, 5.74) is -5.80. The topological polar surface area (TPSA) is 138 Å². The van der Waals surface area contributed by atoms with Crippen molar-refractivity contribution in [3.63, 3.8) is 0 Å². The number of alkyl halides is 6. The van der Waals surface area contributed by atoms with Crippen molar-refractivity contribution in [3.05, 3.63) is 36.2 Å². The highest BCUT2D eigenvalue weighted by atomic mass is 32.2. The van der Waals surface area contributed by atoms with Gasteiger partial charge in [0.1, 0.15) is 17.0 Å². The minimum atomic E-state index is -5.16. The molecule has 1 aromatic heterocycles. The molecule has 1 aliphatic heterocycles. The predicted octanol–water partition coefficient (Wildman–Crippen LogP) is 2.54. The molecule has 1 N–H and O–H groups in total. The molecule has 2 amide bonds. The van der Waals surface area contributed by atoms with Crippen LogP contribution < -0.4 is 5.32 Å². The second kappa shape index (κ2) is 8.91. The maximum atomic E-state index is 14.0. The van der Waals surface area contributed by atoms with Crippen LogP contribution in [0, 0.1) is 16.7 Å². The molecule has 2 atom stereocenters. The van der Waals surface area contributed by atoms with Crippen molar-refractivity contribution in [1.82, 2.24) is 25.2 Å². The van der Waals surface area contributed by atoms with Crippen molar-refractivity contribution in [3.8, 4) is 11.8 Å². The SMILES string of the molecule is N#CC1(NC(=O)[C@@H]2C[C@@H](S(=O)(=O)c3ccc(-n4ccnn4)cc3C(F)(F)F)CN2C(=O)C2(C(F)(F)F)CC2)CC1. The highest BCUT2D eigenvalue weighted by Gasteiger charge is 2.70. The molecule has 17 heteroatoms. The lowest BCUT2D eigenvalue weighted by molar-refractivity contribution is -0.199. The molecule has 40 heavy (non-hydrogen) atoms. The molecule has 0 unspecified atom stereocenters. The number of nitrogens with zero attached hydrogens (tertiary/aromatic N) is 5. The van der Waals surface area contributed by atoms with E-state index >= 15 is 0 Å². The first-order valence-electron chi connectivity index (χ1n) is 12.0. The van der Waals surface area contributed by atoms with Gasteiger partial charge in [-0.1, -0.05) is 5.21 Å². The van der Waals surface area contributed by atoms with Crippen molar-refractivity contribution in [2.24, 2.45) is 5.41 Å². The molecule has 2 aliphatic carbocycles. The number of sulfone groups is 1. The van der Waals surface area contributed by atoms with E-state index in [-0.39, 0.29) is 18.5 Å². The monoisotopic (exact) mass is 590 g/mol. The fourth-order valence-electron chi connectivity index (χ4n) is 4.88. The van der Waals surface area contributed by atoms with Gasteiger partial charge in [0, 0.05) is 6.54 Å². The Kier molecular flexibility index (Phi) is 6.21. The molecule has 2 saturated carbocycles. The molecular formula is C23H20F6N6O4S. The van der Waals surface area contributed by atoms with Crippen molar-refractivity contribution in [1.29, 1.82) is 5.26 Å². The summed E-state index contributed by atoms with van der Waals surface area (Å²) in [7, 11) is -4.95. The van der Waals surface area contributed by atoms with E-state index in [4.69, 9.17) is 0 Å². The van der Waals surface area contributed by atoms with Crippen LogP contribution in [0.15, 0.2) is 35.5 Å². The van der Waals surface area contributed by atoms with Crippen molar-refractivity contribution in [2.45, 2.75) is 66.2 Å². The summed E-state index contributed by atoms with van der Waals surface area (Å²) in [6, 6.07) is 2.40. The molecule has 0 radical (unpaired) electrons. The Balaban J connectivity index is 1.52. The number of amides is 2. The smallest absolute Gasteiger partial charge is 0.336 e. The minimum absolute atomic E-state index is 0.156. The number of hydrogen-bond donors (Lipinski definition) is 1. The van der Waals surface area contributed by atoms with Crippen molar-refractivity contribution in [2.75, 3.05) is 6.54 Å². The molecule has 2 heterocycles. The zero-order valence-corrected chi connectivity index (χ0v) is 21.1. The van der Waals surface area contributed by atoms with Gasteiger partial charge in [-0.15, -0.1) is 5.10 Å². The van der Waals surface area contributed by atoms with Crippen LogP contribution >= 0.6 is 0 Å². The molecule has 214 valence electrons. The molecule has 5 rings (SSSR count). The van der Waals surface area contributed by atoms with Crippen LogP contribution in [0.5, 0.6) is 0 Å². The Morgan fingerprint density at radius 2 is 1.77 bits per heavy atom. The van der Waals surface area contributed by atoms with Crippen molar-refractivity contribution >= 4 is 21.7 Å². The van der Waals surface area contributed by atoms with Gasteiger partial charge >= 0.3 is 12.4 Å². The van der Waals surface area contributed by atoms with Gasteiger partial charge in [0.05, 0.1) is 39.9 Å². The molecule has 10 nitrogen and oxygen atoms in total. The average Bonchev–Trinajstić information content (AvgIpc) is 3.73. The third kappa shape index (κ3) is 4.57. The van der Waals surface area contributed by atoms with Gasteiger partial charge in [-0.2, -0.15) is 31.6 Å². The normalized spacial score (nSPS) is 23.4. The van der Waals surface area contributed by atoms with Gasteiger partial charge < -0.3 is 10.2 Å². The van der Waals surface area contributed by atoms with E-state index in [1.54, 1.807) is 0 Å². The molecule has 3 fully saturated rings. The number of carbonyl (C=O) groups is 2. The third-order valence-electron chi connectivity index (χ3n) is 7.56. The van der Waals surface area contributed by atoms with E-state index in [0.717, 1.165) is 10.7 Å². The lowest BCUT2D eigenvalue weighted by Gasteiger charge is -2.29. The van der Waals surface area contributed by atoms with Gasteiger partial charge in [0.2, 0.25) is 11.8 Å². The van der Waals surface area contributed by atoms with E-state index in [2.05, 4.69) is 15.6 Å². The summed E-state index contributed by atoms with van der Waals surface area (Å²) in [5.74, 6) is -2.56. The first-order chi connectivity index (χ1) is 18.5. The summed E-state index contributed by atoms with van der Waals surface area (Å²) in [6.07, 6.45) is -9.11. The maximum absolute atomic E-state index is 14.0. The van der Waals surface area contributed by atoms with E-state index in [9.17, 15) is 49.6 Å². The lowest BCUT2D eigenvalue weighted by Crippen LogP contribution is -2.53. The maximum Gasteiger partial charge on any atom is 0.417 e. The average molecular weight is 591 g/mol. The molecule has 1 aromatic carbocycles. The highest BCUT2D eigenvalue weighted by molar-refractivity contribution is 7.92. The van der Waals surface area contributed by atoms with E-state index < -0.39 is 92.5 Å². The highest BCUT2D eigenvalue weighted by Crippen LogP contribution is 2.59. The number of carbonyl (C=O) groups excluding carboxylic acids is 2. The standard InChI is InChI=1S/C23H20F6N6O4S/c24-22(25,26)15-9-13(35-8-7-31-33-35)1-2-17(15)40(38,39)14-10-16(18(36)32-20(12-30)3-4-20)34(11-14)19(37)21(5-6-21)23(27,28)29/h1-2,7-9,14,16H,3-6,10-11H2,(H,32,36)/t14-,16+/m1/s1. The fraction of sp³-hybridized carbons (Fsp3) is 0.522.